The van der Waals surface area contributed by atoms with E-state index in [4.69, 9.17) is 11.5 Å². The summed E-state index contributed by atoms with van der Waals surface area (Å²) < 4.78 is 0. The van der Waals surface area contributed by atoms with Crippen LogP contribution in [0.25, 0.3) is 0 Å². The molecule has 0 aromatic carbocycles. The maximum atomic E-state index is 10.6. The number of rotatable bonds is 5. The van der Waals surface area contributed by atoms with Gasteiger partial charge in [0.05, 0.1) is 6.04 Å². The van der Waals surface area contributed by atoms with Crippen LogP contribution in [0.4, 0.5) is 4.79 Å². The molecule has 0 heterocycles. The lowest BCUT2D eigenvalue weighted by Gasteiger charge is -2.13. The second-order valence-corrected chi connectivity index (χ2v) is 3.37. The molecule has 76 valence electrons. The standard InChI is InChI=1S/C7H15N3O2S/c1-4(10-7(9)12)2-3-5(8)6(11)13/h4-5H,2-3,8H2,1H3,(H,11,13)(H3,9,10,12)/t4?,5-/m0/s1. The van der Waals surface area contributed by atoms with Crippen molar-refractivity contribution in [2.45, 2.75) is 31.8 Å². The zero-order valence-corrected chi connectivity index (χ0v) is 8.38. The number of thiol groups is 1. The summed E-state index contributed by atoms with van der Waals surface area (Å²) >= 11 is 3.59. The van der Waals surface area contributed by atoms with Gasteiger partial charge in [-0.2, -0.15) is 0 Å². The second-order valence-electron chi connectivity index (χ2n) is 2.93. The van der Waals surface area contributed by atoms with Crippen molar-refractivity contribution < 1.29 is 9.59 Å². The van der Waals surface area contributed by atoms with Crippen molar-refractivity contribution in [3.63, 3.8) is 0 Å². The van der Waals surface area contributed by atoms with E-state index in [1.807, 2.05) is 0 Å². The molecule has 0 fully saturated rings. The van der Waals surface area contributed by atoms with Gasteiger partial charge in [0.25, 0.3) is 0 Å². The number of nitrogens with two attached hydrogens (primary N) is 2. The highest BCUT2D eigenvalue weighted by Gasteiger charge is 2.11. The molecule has 0 saturated carbocycles. The van der Waals surface area contributed by atoms with E-state index in [0.717, 1.165) is 0 Å². The molecule has 0 saturated heterocycles. The van der Waals surface area contributed by atoms with E-state index in [9.17, 15) is 9.59 Å². The van der Waals surface area contributed by atoms with Gasteiger partial charge in [-0.25, -0.2) is 4.79 Å². The fourth-order valence-corrected chi connectivity index (χ4v) is 0.997. The number of carbonyl (C=O) groups is 2. The summed E-state index contributed by atoms with van der Waals surface area (Å²) in [5.74, 6) is 0. The number of urea groups is 1. The fourth-order valence-electron chi connectivity index (χ4n) is 0.868. The van der Waals surface area contributed by atoms with Gasteiger partial charge < -0.3 is 16.8 Å². The van der Waals surface area contributed by atoms with Gasteiger partial charge in [0.1, 0.15) is 0 Å². The molecular weight excluding hydrogens is 190 g/mol. The molecule has 0 spiro atoms. The highest BCUT2D eigenvalue weighted by Crippen LogP contribution is 2.01. The van der Waals surface area contributed by atoms with Crippen LogP contribution in [0.2, 0.25) is 0 Å². The molecule has 0 aromatic heterocycles. The molecule has 2 atom stereocenters. The Kier molecular flexibility index (Phi) is 5.48. The highest BCUT2D eigenvalue weighted by atomic mass is 32.1. The van der Waals surface area contributed by atoms with Gasteiger partial charge in [0.2, 0.25) is 5.12 Å². The number of nitrogens with one attached hydrogen (secondary N) is 1. The maximum absolute atomic E-state index is 10.6. The first-order valence-electron chi connectivity index (χ1n) is 3.98. The van der Waals surface area contributed by atoms with Crippen LogP contribution in [0.5, 0.6) is 0 Å². The molecule has 0 rings (SSSR count). The van der Waals surface area contributed by atoms with Crippen molar-refractivity contribution >= 4 is 23.8 Å². The minimum absolute atomic E-state index is 0.0729. The van der Waals surface area contributed by atoms with Gasteiger partial charge in [-0.05, 0) is 19.8 Å². The average Bonchev–Trinajstić information content (AvgIpc) is 1.98. The van der Waals surface area contributed by atoms with Crippen molar-refractivity contribution in [1.82, 2.24) is 5.32 Å². The van der Waals surface area contributed by atoms with Gasteiger partial charge in [0, 0.05) is 6.04 Å². The first-order valence-corrected chi connectivity index (χ1v) is 4.42. The molecule has 0 radical (unpaired) electrons. The topological polar surface area (TPSA) is 98.2 Å². The molecule has 0 aromatic rings. The minimum Gasteiger partial charge on any atom is -0.352 e. The molecule has 6 heteroatoms. The van der Waals surface area contributed by atoms with Crippen molar-refractivity contribution in [1.29, 1.82) is 0 Å². The molecule has 0 aliphatic rings. The third-order valence-electron chi connectivity index (χ3n) is 1.62. The first kappa shape index (κ1) is 12.2. The van der Waals surface area contributed by atoms with Crippen LogP contribution in [-0.2, 0) is 4.79 Å². The van der Waals surface area contributed by atoms with E-state index < -0.39 is 12.1 Å². The number of hydrogen-bond acceptors (Lipinski definition) is 3. The van der Waals surface area contributed by atoms with Crippen molar-refractivity contribution in [2.75, 3.05) is 0 Å². The summed E-state index contributed by atoms with van der Waals surface area (Å²) in [5.41, 5.74) is 10.3. The monoisotopic (exact) mass is 205 g/mol. The van der Waals surface area contributed by atoms with Crippen LogP contribution in [0.3, 0.4) is 0 Å². The van der Waals surface area contributed by atoms with Crippen LogP contribution in [0.15, 0.2) is 0 Å². The van der Waals surface area contributed by atoms with Gasteiger partial charge in [-0.1, -0.05) is 0 Å². The number of primary amides is 1. The number of carbonyl (C=O) groups excluding carboxylic acids is 2. The van der Waals surface area contributed by atoms with Crippen LogP contribution >= 0.6 is 12.6 Å². The third-order valence-corrected chi connectivity index (χ3v) is 1.95. The van der Waals surface area contributed by atoms with Gasteiger partial charge in [0.15, 0.2) is 0 Å². The van der Waals surface area contributed by atoms with Crippen LogP contribution in [0.1, 0.15) is 19.8 Å². The fraction of sp³-hybridized carbons (Fsp3) is 0.714. The van der Waals surface area contributed by atoms with E-state index in [2.05, 4.69) is 17.9 Å². The van der Waals surface area contributed by atoms with Gasteiger partial charge in [-0.15, -0.1) is 12.6 Å². The summed E-state index contributed by atoms with van der Waals surface area (Å²) in [6.45, 7) is 1.79. The smallest absolute Gasteiger partial charge is 0.312 e. The molecule has 1 unspecified atom stereocenters. The molecule has 2 amide bonds. The lowest BCUT2D eigenvalue weighted by atomic mass is 10.1. The summed E-state index contributed by atoms with van der Waals surface area (Å²) in [4.78, 5) is 21.0. The molecule has 0 bridgehead atoms. The summed E-state index contributed by atoms with van der Waals surface area (Å²) in [5, 5.41) is 2.14. The Morgan fingerprint density at radius 2 is 2.00 bits per heavy atom. The van der Waals surface area contributed by atoms with Crippen molar-refractivity contribution in [3.05, 3.63) is 0 Å². The molecule has 0 aliphatic heterocycles. The Hall–Kier alpha value is -0.750. The van der Waals surface area contributed by atoms with Crippen LogP contribution < -0.4 is 16.8 Å². The zero-order valence-electron chi connectivity index (χ0n) is 7.49. The van der Waals surface area contributed by atoms with E-state index >= 15 is 0 Å². The molecule has 13 heavy (non-hydrogen) atoms. The maximum Gasteiger partial charge on any atom is 0.312 e. The Morgan fingerprint density at radius 3 is 2.38 bits per heavy atom. The van der Waals surface area contributed by atoms with E-state index in [0.29, 0.717) is 12.8 Å². The first-order chi connectivity index (χ1) is 5.93. The Balaban J connectivity index is 3.63. The Morgan fingerprint density at radius 1 is 1.46 bits per heavy atom. The van der Waals surface area contributed by atoms with E-state index in [1.54, 1.807) is 6.92 Å². The molecule has 0 aliphatic carbocycles. The van der Waals surface area contributed by atoms with Gasteiger partial charge >= 0.3 is 6.03 Å². The van der Waals surface area contributed by atoms with Gasteiger partial charge in [-0.3, -0.25) is 4.79 Å². The largest absolute Gasteiger partial charge is 0.352 e. The summed E-state index contributed by atoms with van der Waals surface area (Å²) in [6.07, 6.45) is 1.10. The predicted molar refractivity (Wildman–Crippen MR) is 53.4 cm³/mol. The predicted octanol–water partition coefficient (Wildman–Crippen LogP) is -0.393. The Labute approximate surface area is 82.6 Å². The quantitative estimate of drug-likeness (QED) is 0.460. The molecule has 5 nitrogen and oxygen atoms in total. The second kappa shape index (κ2) is 5.82. The summed E-state index contributed by atoms with van der Waals surface area (Å²) in [6, 6.07) is -1.21. The number of hydrogen-bond donors (Lipinski definition) is 4. The lowest BCUT2D eigenvalue weighted by molar-refractivity contribution is -0.112. The van der Waals surface area contributed by atoms with Crippen molar-refractivity contribution in [3.8, 4) is 0 Å². The normalized spacial score (nSPS) is 14.7. The Bertz CT molecular complexity index is 198. The van der Waals surface area contributed by atoms with Crippen molar-refractivity contribution in [2.24, 2.45) is 11.5 Å². The minimum atomic E-state index is -0.571. The van der Waals surface area contributed by atoms with Crippen LogP contribution in [-0.4, -0.2) is 23.2 Å². The lowest BCUT2D eigenvalue weighted by Crippen LogP contribution is -2.38. The molecule has 5 N–H and O–H groups in total. The average molecular weight is 205 g/mol. The van der Waals surface area contributed by atoms with E-state index in [1.165, 1.54) is 0 Å². The zero-order chi connectivity index (χ0) is 10.4. The van der Waals surface area contributed by atoms with Crippen LogP contribution in [0, 0.1) is 0 Å². The van der Waals surface area contributed by atoms with E-state index in [-0.39, 0.29) is 11.2 Å². The highest BCUT2D eigenvalue weighted by molar-refractivity contribution is 7.96. The summed E-state index contributed by atoms with van der Waals surface area (Å²) in [7, 11) is 0. The third kappa shape index (κ3) is 6.41. The number of amides is 2. The SMILES string of the molecule is CC(CC[C@H](N)C(=O)S)NC(N)=O. The molecular formula is C7H15N3O2S.